The van der Waals surface area contributed by atoms with Gasteiger partial charge in [-0.25, -0.2) is 13.2 Å². The minimum atomic E-state index is -1.52. The third-order valence-corrected chi connectivity index (χ3v) is 3.46. The third-order valence-electron chi connectivity index (χ3n) is 2.92. The van der Waals surface area contributed by atoms with Crippen LogP contribution in [-0.2, 0) is 6.42 Å². The van der Waals surface area contributed by atoms with Gasteiger partial charge in [-0.15, -0.1) is 0 Å². The summed E-state index contributed by atoms with van der Waals surface area (Å²) in [6.45, 7) is 0. The van der Waals surface area contributed by atoms with Gasteiger partial charge in [0.2, 0.25) is 0 Å². The molecule has 0 spiro atoms. The van der Waals surface area contributed by atoms with Crippen molar-refractivity contribution in [2.24, 2.45) is 0 Å². The fraction of sp³-hybridized carbons (Fsp3) is 0.133. The Hall–Kier alpha value is -1.52. The molecule has 0 aliphatic carbocycles. The molecule has 0 aromatic heterocycles. The molecule has 0 heterocycles. The van der Waals surface area contributed by atoms with Crippen molar-refractivity contribution >= 4 is 29.0 Å². The lowest BCUT2D eigenvalue weighted by Gasteiger charge is -2.05. The van der Waals surface area contributed by atoms with Crippen LogP contribution in [0.5, 0.6) is 0 Å². The highest BCUT2D eigenvalue weighted by atomic mass is 35.5. The maximum atomic E-state index is 13.1. The monoisotopic (exact) mass is 332 g/mol. The number of carbonyl (C=O) groups is 1. The van der Waals surface area contributed by atoms with Crippen LogP contribution in [0.25, 0.3) is 0 Å². The van der Waals surface area contributed by atoms with Crippen LogP contribution in [0, 0.1) is 17.5 Å². The Morgan fingerprint density at radius 3 is 2.19 bits per heavy atom. The fourth-order valence-electron chi connectivity index (χ4n) is 1.86. The van der Waals surface area contributed by atoms with E-state index in [-0.39, 0.29) is 34.8 Å². The van der Waals surface area contributed by atoms with Crippen LogP contribution >= 0.6 is 23.2 Å². The van der Waals surface area contributed by atoms with Gasteiger partial charge in [0.1, 0.15) is 0 Å². The van der Waals surface area contributed by atoms with Crippen molar-refractivity contribution in [1.82, 2.24) is 0 Å². The number of benzene rings is 2. The van der Waals surface area contributed by atoms with Gasteiger partial charge in [0.25, 0.3) is 0 Å². The van der Waals surface area contributed by atoms with Gasteiger partial charge in [0, 0.05) is 17.0 Å². The molecule has 0 saturated carbocycles. The number of rotatable bonds is 4. The van der Waals surface area contributed by atoms with Crippen molar-refractivity contribution in [3.05, 3.63) is 69.0 Å². The van der Waals surface area contributed by atoms with E-state index < -0.39 is 17.5 Å². The zero-order valence-corrected chi connectivity index (χ0v) is 12.1. The first-order valence-electron chi connectivity index (χ1n) is 6.00. The van der Waals surface area contributed by atoms with Gasteiger partial charge in [-0.2, -0.15) is 0 Å². The number of ketones is 1. The molecule has 0 amide bonds. The third kappa shape index (κ3) is 3.77. The van der Waals surface area contributed by atoms with Crippen LogP contribution in [-0.4, -0.2) is 5.78 Å². The van der Waals surface area contributed by atoms with Crippen LogP contribution in [0.3, 0.4) is 0 Å². The highest BCUT2D eigenvalue weighted by Gasteiger charge is 2.14. The Balaban J connectivity index is 2.11. The minimum absolute atomic E-state index is 0.00807. The topological polar surface area (TPSA) is 17.1 Å². The summed E-state index contributed by atoms with van der Waals surface area (Å²) in [5.74, 6) is -4.36. The van der Waals surface area contributed by atoms with Crippen LogP contribution in [0.2, 0.25) is 10.0 Å². The van der Waals surface area contributed by atoms with Gasteiger partial charge in [-0.05, 0) is 42.3 Å². The Morgan fingerprint density at radius 1 is 1.00 bits per heavy atom. The van der Waals surface area contributed by atoms with E-state index in [9.17, 15) is 18.0 Å². The summed E-state index contributed by atoms with van der Waals surface area (Å²) in [5, 5.41) is 0.614. The fourth-order valence-corrected chi connectivity index (χ4v) is 2.37. The molecule has 1 nitrogen and oxygen atoms in total. The highest BCUT2D eigenvalue weighted by molar-refractivity contribution is 6.36. The molecule has 0 unspecified atom stereocenters. The first-order chi connectivity index (χ1) is 9.88. The Labute approximate surface area is 129 Å². The van der Waals surface area contributed by atoms with Gasteiger partial charge in [0.05, 0.1) is 5.02 Å². The standard InChI is InChI=1S/C15H9Cl2F3O/c16-9-2-3-10(11(17)7-9)14(21)4-1-8-5-12(18)15(20)13(19)6-8/h2-3,5-7H,1,4H2. The maximum absolute atomic E-state index is 13.1. The lowest BCUT2D eigenvalue weighted by molar-refractivity contribution is 0.0983. The average molecular weight is 333 g/mol. The second-order valence-electron chi connectivity index (χ2n) is 4.42. The summed E-state index contributed by atoms with van der Waals surface area (Å²) in [6.07, 6.45) is 0.0672. The molecule has 0 N–H and O–H groups in total. The van der Waals surface area contributed by atoms with Gasteiger partial charge in [0.15, 0.2) is 23.2 Å². The van der Waals surface area contributed by atoms with Crippen molar-refractivity contribution in [3.8, 4) is 0 Å². The zero-order chi connectivity index (χ0) is 15.6. The molecule has 0 fully saturated rings. The number of hydrogen-bond acceptors (Lipinski definition) is 1. The van der Waals surface area contributed by atoms with E-state index in [2.05, 4.69) is 0 Å². The van der Waals surface area contributed by atoms with E-state index in [0.29, 0.717) is 5.02 Å². The lowest BCUT2D eigenvalue weighted by atomic mass is 10.0. The van der Waals surface area contributed by atoms with E-state index in [0.717, 1.165) is 12.1 Å². The average Bonchev–Trinajstić information content (AvgIpc) is 2.42. The summed E-state index contributed by atoms with van der Waals surface area (Å²) in [7, 11) is 0. The Bertz CT molecular complexity index is 678. The predicted molar refractivity (Wildman–Crippen MR) is 75.4 cm³/mol. The quantitative estimate of drug-likeness (QED) is 0.553. The molecule has 6 heteroatoms. The number of aryl methyl sites for hydroxylation is 1. The maximum Gasteiger partial charge on any atom is 0.194 e. The summed E-state index contributed by atoms with van der Waals surface area (Å²) in [5.41, 5.74) is 0.481. The van der Waals surface area contributed by atoms with E-state index in [1.807, 2.05) is 0 Å². The molecule has 21 heavy (non-hydrogen) atoms. The molecule has 0 saturated heterocycles. The predicted octanol–water partition coefficient (Wildman–Crippen LogP) is 5.23. The number of hydrogen-bond donors (Lipinski definition) is 0. The molecule has 0 aliphatic heterocycles. The van der Waals surface area contributed by atoms with Crippen molar-refractivity contribution in [2.75, 3.05) is 0 Å². The van der Waals surface area contributed by atoms with Crippen molar-refractivity contribution in [3.63, 3.8) is 0 Å². The molecular weight excluding hydrogens is 324 g/mol. The summed E-state index contributed by atoms with van der Waals surface area (Å²) < 4.78 is 38.9. The molecule has 0 bridgehead atoms. The number of Topliss-reactive ketones (excluding diaryl/α,β-unsaturated/α-hetero) is 1. The number of carbonyl (C=O) groups excluding carboxylic acids is 1. The minimum Gasteiger partial charge on any atom is -0.294 e. The van der Waals surface area contributed by atoms with E-state index in [1.54, 1.807) is 0 Å². The van der Waals surface area contributed by atoms with Crippen molar-refractivity contribution < 1.29 is 18.0 Å². The molecular formula is C15H9Cl2F3O. The molecule has 0 aliphatic rings. The molecule has 110 valence electrons. The van der Waals surface area contributed by atoms with Gasteiger partial charge in [-0.3, -0.25) is 4.79 Å². The molecule has 0 atom stereocenters. The number of halogens is 5. The zero-order valence-electron chi connectivity index (χ0n) is 10.6. The van der Waals surface area contributed by atoms with Crippen LogP contribution in [0.1, 0.15) is 22.3 Å². The molecule has 2 rings (SSSR count). The second-order valence-corrected chi connectivity index (χ2v) is 5.26. The second kappa shape index (κ2) is 6.50. The van der Waals surface area contributed by atoms with Crippen LogP contribution in [0.15, 0.2) is 30.3 Å². The first kappa shape index (κ1) is 15.9. The molecule has 2 aromatic rings. The van der Waals surface area contributed by atoms with E-state index in [4.69, 9.17) is 23.2 Å². The van der Waals surface area contributed by atoms with Gasteiger partial charge < -0.3 is 0 Å². The Morgan fingerprint density at radius 2 is 1.62 bits per heavy atom. The van der Waals surface area contributed by atoms with E-state index >= 15 is 0 Å². The summed E-state index contributed by atoms with van der Waals surface area (Å²) in [4.78, 5) is 12.0. The Kier molecular flexibility index (Phi) is 4.91. The molecule has 0 radical (unpaired) electrons. The highest BCUT2D eigenvalue weighted by Crippen LogP contribution is 2.23. The SMILES string of the molecule is O=C(CCc1cc(F)c(F)c(F)c1)c1ccc(Cl)cc1Cl. The summed E-state index contributed by atoms with van der Waals surface area (Å²) >= 11 is 11.6. The lowest BCUT2D eigenvalue weighted by Crippen LogP contribution is -2.03. The normalized spacial score (nSPS) is 10.7. The molecule has 2 aromatic carbocycles. The smallest absolute Gasteiger partial charge is 0.194 e. The van der Waals surface area contributed by atoms with Gasteiger partial charge in [-0.1, -0.05) is 23.2 Å². The first-order valence-corrected chi connectivity index (χ1v) is 6.75. The van der Waals surface area contributed by atoms with Crippen molar-refractivity contribution in [2.45, 2.75) is 12.8 Å². The van der Waals surface area contributed by atoms with Crippen LogP contribution < -0.4 is 0 Å². The van der Waals surface area contributed by atoms with Gasteiger partial charge >= 0.3 is 0 Å². The van der Waals surface area contributed by atoms with Crippen LogP contribution in [0.4, 0.5) is 13.2 Å². The van der Waals surface area contributed by atoms with E-state index in [1.165, 1.54) is 18.2 Å². The summed E-state index contributed by atoms with van der Waals surface area (Å²) in [6, 6.07) is 6.19. The van der Waals surface area contributed by atoms with Crippen molar-refractivity contribution in [1.29, 1.82) is 0 Å². The largest absolute Gasteiger partial charge is 0.294 e.